The molecule has 1 aliphatic heterocycles. The van der Waals surface area contributed by atoms with E-state index in [9.17, 15) is 9.59 Å². The van der Waals surface area contributed by atoms with Crippen LogP contribution in [0.1, 0.15) is 36.0 Å². The van der Waals surface area contributed by atoms with Crippen molar-refractivity contribution in [1.82, 2.24) is 9.80 Å². The highest BCUT2D eigenvalue weighted by atomic mass is 35.5. The van der Waals surface area contributed by atoms with Crippen LogP contribution in [0.2, 0.25) is 10.0 Å². The monoisotopic (exact) mass is 354 g/mol. The lowest BCUT2D eigenvalue weighted by Gasteiger charge is -2.31. The fraction of sp³-hybridized carbons (Fsp3) is 0.529. The number of halogens is 2. The standard InChI is InChI=1S/C17H20Cl2N2O2/c18-13-5-6-14(15(19)11-13)17(23)21-8-2-7-20(9-10-21)16(22)12-3-1-4-12/h5-6,11-12H,1-4,7-10H2. The Morgan fingerprint density at radius 2 is 1.65 bits per heavy atom. The summed E-state index contributed by atoms with van der Waals surface area (Å²) in [5.41, 5.74) is 0.467. The van der Waals surface area contributed by atoms with E-state index in [1.807, 2.05) is 4.90 Å². The van der Waals surface area contributed by atoms with Crippen LogP contribution >= 0.6 is 23.2 Å². The highest BCUT2D eigenvalue weighted by molar-refractivity contribution is 6.36. The van der Waals surface area contributed by atoms with Crippen LogP contribution in [0.5, 0.6) is 0 Å². The second-order valence-electron chi connectivity index (χ2n) is 6.22. The molecule has 2 amide bonds. The van der Waals surface area contributed by atoms with Gasteiger partial charge in [0.25, 0.3) is 5.91 Å². The molecule has 1 aromatic carbocycles. The predicted octanol–water partition coefficient (Wildman–Crippen LogP) is 3.47. The Morgan fingerprint density at radius 1 is 0.957 bits per heavy atom. The maximum atomic E-state index is 12.7. The number of carbonyl (C=O) groups excluding carboxylic acids is 2. The van der Waals surface area contributed by atoms with Crippen LogP contribution in [0.3, 0.4) is 0 Å². The van der Waals surface area contributed by atoms with Gasteiger partial charge in [0.1, 0.15) is 0 Å². The summed E-state index contributed by atoms with van der Waals surface area (Å²) in [6.45, 7) is 2.53. The summed E-state index contributed by atoms with van der Waals surface area (Å²) in [6.07, 6.45) is 3.98. The first-order valence-electron chi connectivity index (χ1n) is 8.09. The molecule has 0 radical (unpaired) electrons. The van der Waals surface area contributed by atoms with Gasteiger partial charge in [-0.3, -0.25) is 9.59 Å². The Labute approximate surface area is 146 Å². The fourth-order valence-electron chi connectivity index (χ4n) is 3.09. The van der Waals surface area contributed by atoms with Crippen LogP contribution in [-0.2, 0) is 4.79 Å². The summed E-state index contributed by atoms with van der Waals surface area (Å²) in [6, 6.07) is 4.92. The van der Waals surface area contributed by atoms with Crippen LogP contribution in [0, 0.1) is 5.92 Å². The first-order valence-corrected chi connectivity index (χ1v) is 8.85. The van der Waals surface area contributed by atoms with Crippen molar-refractivity contribution in [2.24, 2.45) is 5.92 Å². The number of hydrogen-bond donors (Lipinski definition) is 0. The van der Waals surface area contributed by atoms with Crippen LogP contribution in [-0.4, -0.2) is 47.8 Å². The average molecular weight is 355 g/mol. The molecule has 0 spiro atoms. The molecule has 0 aromatic heterocycles. The second-order valence-corrected chi connectivity index (χ2v) is 7.07. The summed E-state index contributed by atoms with van der Waals surface area (Å²) >= 11 is 12.0. The summed E-state index contributed by atoms with van der Waals surface area (Å²) in [5.74, 6) is 0.377. The van der Waals surface area contributed by atoms with Gasteiger partial charge < -0.3 is 9.80 Å². The van der Waals surface area contributed by atoms with Crippen molar-refractivity contribution in [1.29, 1.82) is 0 Å². The SMILES string of the molecule is O=C(c1ccc(Cl)cc1Cl)N1CCCN(C(=O)C2CCC2)CC1. The van der Waals surface area contributed by atoms with E-state index in [1.165, 1.54) is 0 Å². The third-order valence-corrected chi connectivity index (χ3v) is 5.26. The van der Waals surface area contributed by atoms with Crippen molar-refractivity contribution >= 4 is 35.0 Å². The fourth-order valence-corrected chi connectivity index (χ4v) is 3.58. The van der Waals surface area contributed by atoms with Crippen LogP contribution in [0.15, 0.2) is 18.2 Å². The second kappa shape index (κ2) is 7.10. The normalized spacial score (nSPS) is 19.2. The van der Waals surface area contributed by atoms with Crippen molar-refractivity contribution in [2.45, 2.75) is 25.7 Å². The molecular weight excluding hydrogens is 335 g/mol. The van der Waals surface area contributed by atoms with E-state index in [0.717, 1.165) is 32.2 Å². The molecule has 1 saturated carbocycles. The van der Waals surface area contributed by atoms with Gasteiger partial charge in [-0.25, -0.2) is 0 Å². The molecule has 2 aliphatic rings. The minimum absolute atomic E-state index is 0.0930. The maximum absolute atomic E-state index is 12.7. The topological polar surface area (TPSA) is 40.6 Å². The van der Waals surface area contributed by atoms with Crippen LogP contribution in [0.4, 0.5) is 0 Å². The van der Waals surface area contributed by atoms with Crippen molar-refractivity contribution in [3.8, 4) is 0 Å². The Balaban J connectivity index is 1.65. The lowest BCUT2D eigenvalue weighted by atomic mass is 9.84. The molecule has 2 fully saturated rings. The van der Waals surface area contributed by atoms with Crippen LogP contribution in [0.25, 0.3) is 0 Å². The quantitative estimate of drug-likeness (QED) is 0.815. The lowest BCUT2D eigenvalue weighted by molar-refractivity contribution is -0.138. The number of amides is 2. The van der Waals surface area contributed by atoms with Crippen molar-refractivity contribution in [2.75, 3.05) is 26.2 Å². The van der Waals surface area contributed by atoms with Gasteiger partial charge in [-0.05, 0) is 37.5 Å². The highest BCUT2D eigenvalue weighted by Gasteiger charge is 2.31. The van der Waals surface area contributed by atoms with E-state index in [0.29, 0.717) is 35.2 Å². The molecule has 0 atom stereocenters. The molecule has 0 unspecified atom stereocenters. The molecule has 4 nitrogen and oxygen atoms in total. The summed E-state index contributed by atoms with van der Waals surface area (Å²) < 4.78 is 0. The first-order chi connectivity index (χ1) is 11.1. The summed E-state index contributed by atoms with van der Waals surface area (Å²) in [4.78, 5) is 28.7. The highest BCUT2D eigenvalue weighted by Crippen LogP contribution is 2.29. The zero-order valence-electron chi connectivity index (χ0n) is 12.9. The first kappa shape index (κ1) is 16.6. The average Bonchev–Trinajstić information content (AvgIpc) is 2.70. The van der Waals surface area contributed by atoms with E-state index in [-0.39, 0.29) is 17.7 Å². The predicted molar refractivity (Wildman–Crippen MR) is 90.9 cm³/mol. The van der Waals surface area contributed by atoms with E-state index in [2.05, 4.69) is 0 Å². The maximum Gasteiger partial charge on any atom is 0.255 e. The third kappa shape index (κ3) is 3.64. The molecule has 1 aliphatic carbocycles. The van der Waals surface area contributed by atoms with Crippen molar-refractivity contribution in [3.63, 3.8) is 0 Å². The molecule has 3 rings (SSSR count). The number of benzene rings is 1. The Kier molecular flexibility index (Phi) is 5.12. The largest absolute Gasteiger partial charge is 0.341 e. The number of carbonyl (C=O) groups is 2. The van der Waals surface area contributed by atoms with Gasteiger partial charge in [0.05, 0.1) is 10.6 Å². The number of nitrogens with zero attached hydrogens (tertiary/aromatic N) is 2. The Bertz CT molecular complexity index is 617. The van der Waals surface area contributed by atoms with Gasteiger partial charge in [-0.1, -0.05) is 29.6 Å². The summed E-state index contributed by atoms with van der Waals surface area (Å²) in [5, 5.41) is 0.883. The van der Waals surface area contributed by atoms with Crippen molar-refractivity contribution < 1.29 is 9.59 Å². The Morgan fingerprint density at radius 3 is 2.30 bits per heavy atom. The van der Waals surface area contributed by atoms with Gasteiger partial charge in [0, 0.05) is 37.1 Å². The molecule has 0 N–H and O–H groups in total. The van der Waals surface area contributed by atoms with Gasteiger partial charge in [-0.15, -0.1) is 0 Å². The number of rotatable bonds is 2. The zero-order valence-corrected chi connectivity index (χ0v) is 14.4. The molecule has 124 valence electrons. The minimum atomic E-state index is -0.0930. The molecule has 6 heteroatoms. The molecule has 1 aromatic rings. The molecule has 0 bridgehead atoms. The molecule has 1 saturated heterocycles. The van der Waals surface area contributed by atoms with Gasteiger partial charge >= 0.3 is 0 Å². The smallest absolute Gasteiger partial charge is 0.255 e. The van der Waals surface area contributed by atoms with E-state index >= 15 is 0 Å². The van der Waals surface area contributed by atoms with E-state index in [4.69, 9.17) is 23.2 Å². The number of hydrogen-bond acceptors (Lipinski definition) is 2. The van der Waals surface area contributed by atoms with Crippen LogP contribution < -0.4 is 0 Å². The van der Waals surface area contributed by atoms with Crippen molar-refractivity contribution in [3.05, 3.63) is 33.8 Å². The minimum Gasteiger partial charge on any atom is -0.341 e. The van der Waals surface area contributed by atoms with E-state index < -0.39 is 0 Å². The van der Waals surface area contributed by atoms with Gasteiger partial charge in [0.2, 0.25) is 5.91 Å². The Hall–Kier alpha value is -1.26. The lowest BCUT2D eigenvalue weighted by Crippen LogP contribution is -2.41. The van der Waals surface area contributed by atoms with Gasteiger partial charge in [-0.2, -0.15) is 0 Å². The zero-order chi connectivity index (χ0) is 16.4. The molecule has 1 heterocycles. The van der Waals surface area contributed by atoms with Gasteiger partial charge in [0.15, 0.2) is 0 Å². The molecule has 23 heavy (non-hydrogen) atoms. The molecular formula is C17H20Cl2N2O2. The third-order valence-electron chi connectivity index (χ3n) is 4.71. The summed E-state index contributed by atoms with van der Waals surface area (Å²) in [7, 11) is 0. The van der Waals surface area contributed by atoms with E-state index in [1.54, 1.807) is 23.1 Å².